The molecule has 0 amide bonds. The molecule has 0 saturated carbocycles. The zero-order chi connectivity index (χ0) is 39.8. The van der Waals surface area contributed by atoms with E-state index in [0.717, 1.165) is 24.6 Å². The van der Waals surface area contributed by atoms with Gasteiger partial charge in [-0.1, -0.05) is 180 Å². The van der Waals surface area contributed by atoms with Crippen LogP contribution in [0.4, 0.5) is 0 Å². The SMILES string of the molecule is CC(C)(C)c1cc(CC(Cc2cc(C(C)(C)C)cc(C(C)(C)C)c2)(C2=N[C@@H](Cc3ccccc3)CO2)C2=N[C@@H](Cc3ccccc3)CO2)cc(C(C)(C)C)c1. The Balaban J connectivity index is 1.58. The second-order valence-corrected chi connectivity index (χ2v) is 20.5. The van der Waals surface area contributed by atoms with Crippen molar-refractivity contribution in [2.75, 3.05) is 13.2 Å². The molecule has 0 spiro atoms. The Bertz CT molecular complexity index is 1780. The lowest BCUT2D eigenvalue weighted by molar-refractivity contribution is 0.248. The minimum Gasteiger partial charge on any atom is -0.478 e. The van der Waals surface area contributed by atoms with Crippen molar-refractivity contribution >= 4 is 11.8 Å². The van der Waals surface area contributed by atoms with E-state index in [9.17, 15) is 0 Å². The van der Waals surface area contributed by atoms with Crippen LogP contribution in [0.25, 0.3) is 0 Å². The first-order valence-corrected chi connectivity index (χ1v) is 20.5. The minimum atomic E-state index is -0.756. The van der Waals surface area contributed by atoms with Crippen LogP contribution in [0.15, 0.2) is 107 Å². The molecule has 0 saturated heterocycles. The Kier molecular flexibility index (Phi) is 11.3. The minimum absolute atomic E-state index is 0.0102. The van der Waals surface area contributed by atoms with E-state index in [2.05, 4.69) is 180 Å². The molecule has 0 aromatic heterocycles. The third kappa shape index (κ3) is 9.80. The lowest BCUT2D eigenvalue weighted by atomic mass is 9.71. The van der Waals surface area contributed by atoms with Gasteiger partial charge in [0.05, 0.1) is 12.1 Å². The van der Waals surface area contributed by atoms with Gasteiger partial charge in [0.15, 0.2) is 11.8 Å². The third-order valence-electron chi connectivity index (χ3n) is 11.3. The summed E-state index contributed by atoms with van der Waals surface area (Å²) in [7, 11) is 0. The molecule has 0 aliphatic carbocycles. The summed E-state index contributed by atoms with van der Waals surface area (Å²) in [4.78, 5) is 11.0. The van der Waals surface area contributed by atoms with Crippen molar-refractivity contribution in [3.8, 4) is 0 Å². The number of rotatable bonds is 10. The Morgan fingerprint density at radius 3 is 1.04 bits per heavy atom. The van der Waals surface area contributed by atoms with Crippen molar-refractivity contribution in [2.24, 2.45) is 15.4 Å². The zero-order valence-corrected chi connectivity index (χ0v) is 35.8. The Morgan fingerprint density at radius 2 is 0.745 bits per heavy atom. The van der Waals surface area contributed by atoms with Gasteiger partial charge in [-0.2, -0.15) is 0 Å². The molecule has 0 unspecified atom stereocenters. The van der Waals surface area contributed by atoms with E-state index in [1.165, 1.54) is 44.5 Å². The molecule has 0 bridgehead atoms. The average molecular weight is 739 g/mol. The maximum absolute atomic E-state index is 6.89. The summed E-state index contributed by atoms with van der Waals surface area (Å²) in [6.07, 6.45) is 2.98. The Morgan fingerprint density at radius 1 is 0.436 bits per heavy atom. The molecule has 55 heavy (non-hydrogen) atoms. The summed E-state index contributed by atoms with van der Waals surface area (Å²) in [5.41, 5.74) is 9.55. The van der Waals surface area contributed by atoms with Gasteiger partial charge in [0.1, 0.15) is 18.6 Å². The monoisotopic (exact) mass is 739 g/mol. The van der Waals surface area contributed by atoms with Gasteiger partial charge in [-0.25, -0.2) is 9.98 Å². The van der Waals surface area contributed by atoms with E-state index in [0.29, 0.717) is 26.1 Å². The fraction of sp³-hybridized carbons (Fsp3) is 0.490. The summed E-state index contributed by atoms with van der Waals surface area (Å²) in [5.74, 6) is 1.51. The predicted molar refractivity (Wildman–Crippen MR) is 232 cm³/mol. The van der Waals surface area contributed by atoms with E-state index in [1.807, 2.05) is 0 Å². The molecule has 0 N–H and O–H groups in total. The standard InChI is InChI=1S/C51H66N2O2/c1-47(2,3)39-23-37(24-40(29-39)48(4,5)6)31-51(45-52-43(33-54-45)27-35-19-15-13-16-20-35,46-53-44(34-55-46)28-36-21-17-14-18-22-36)32-38-25-41(49(7,8)9)30-42(26-38)50(10,11)12/h13-26,29-30,43-44H,27-28,31-34H2,1-12H3/t43-,44-/m0/s1. The summed E-state index contributed by atoms with van der Waals surface area (Å²) in [5, 5.41) is 0. The van der Waals surface area contributed by atoms with E-state index in [1.54, 1.807) is 0 Å². The van der Waals surface area contributed by atoms with Gasteiger partial charge in [-0.15, -0.1) is 0 Å². The van der Waals surface area contributed by atoms with Gasteiger partial charge in [0.25, 0.3) is 0 Å². The van der Waals surface area contributed by atoms with Crippen LogP contribution in [-0.4, -0.2) is 37.1 Å². The van der Waals surface area contributed by atoms with Crippen LogP contribution in [0.2, 0.25) is 0 Å². The van der Waals surface area contributed by atoms with E-state index < -0.39 is 5.41 Å². The molecule has 6 rings (SSSR count). The number of benzene rings is 4. The number of nitrogens with zero attached hydrogens (tertiary/aromatic N) is 2. The molecular formula is C51H66N2O2. The van der Waals surface area contributed by atoms with Crippen molar-refractivity contribution in [1.29, 1.82) is 0 Å². The topological polar surface area (TPSA) is 43.2 Å². The normalized spacial score (nSPS) is 18.1. The van der Waals surface area contributed by atoms with Crippen LogP contribution in [0.1, 0.15) is 128 Å². The van der Waals surface area contributed by atoms with Crippen molar-refractivity contribution in [3.63, 3.8) is 0 Å². The molecule has 2 aliphatic heterocycles. The maximum Gasteiger partial charge on any atom is 0.200 e. The molecule has 4 aromatic carbocycles. The number of ether oxygens (including phenoxy) is 2. The second-order valence-electron chi connectivity index (χ2n) is 20.5. The Labute approximate surface area is 332 Å². The quantitative estimate of drug-likeness (QED) is 0.163. The van der Waals surface area contributed by atoms with Crippen LogP contribution in [-0.2, 0) is 56.8 Å². The van der Waals surface area contributed by atoms with Gasteiger partial charge in [-0.05, 0) is 91.9 Å². The van der Waals surface area contributed by atoms with E-state index >= 15 is 0 Å². The summed E-state index contributed by atoms with van der Waals surface area (Å²) in [6, 6.07) is 35.9. The third-order valence-corrected chi connectivity index (χ3v) is 11.3. The van der Waals surface area contributed by atoms with Crippen molar-refractivity contribution in [3.05, 3.63) is 142 Å². The molecule has 4 heteroatoms. The van der Waals surface area contributed by atoms with Crippen molar-refractivity contribution in [2.45, 2.75) is 143 Å². The zero-order valence-electron chi connectivity index (χ0n) is 35.8. The highest BCUT2D eigenvalue weighted by atomic mass is 16.5. The molecule has 2 aliphatic rings. The highest BCUT2D eigenvalue weighted by molar-refractivity contribution is 6.07. The van der Waals surface area contributed by atoms with Crippen LogP contribution >= 0.6 is 0 Å². The smallest absolute Gasteiger partial charge is 0.200 e. The summed E-state index contributed by atoms with van der Waals surface area (Å²) < 4.78 is 13.8. The lowest BCUT2D eigenvalue weighted by Gasteiger charge is -2.35. The molecule has 2 atom stereocenters. The number of aliphatic imine (C=N–C) groups is 2. The highest BCUT2D eigenvalue weighted by Crippen LogP contribution is 2.41. The van der Waals surface area contributed by atoms with Gasteiger partial charge in [0.2, 0.25) is 0 Å². The fourth-order valence-corrected chi connectivity index (χ4v) is 7.81. The Hall–Kier alpha value is -4.18. The van der Waals surface area contributed by atoms with E-state index in [-0.39, 0.29) is 33.7 Å². The molecule has 292 valence electrons. The van der Waals surface area contributed by atoms with Crippen LogP contribution in [0.5, 0.6) is 0 Å². The molecule has 2 heterocycles. The van der Waals surface area contributed by atoms with E-state index in [4.69, 9.17) is 19.5 Å². The van der Waals surface area contributed by atoms with Gasteiger partial charge < -0.3 is 9.47 Å². The predicted octanol–water partition coefficient (Wildman–Crippen LogP) is 11.7. The first kappa shape index (κ1) is 40.5. The maximum atomic E-state index is 6.89. The first-order valence-electron chi connectivity index (χ1n) is 20.5. The lowest BCUT2D eigenvalue weighted by Crippen LogP contribution is -2.44. The summed E-state index contributed by atoms with van der Waals surface area (Å²) in [6.45, 7) is 28.8. The molecule has 0 fully saturated rings. The molecular weight excluding hydrogens is 673 g/mol. The first-order chi connectivity index (χ1) is 25.7. The highest BCUT2D eigenvalue weighted by Gasteiger charge is 2.49. The molecule has 0 radical (unpaired) electrons. The largest absolute Gasteiger partial charge is 0.478 e. The van der Waals surface area contributed by atoms with Crippen molar-refractivity contribution in [1.82, 2.24) is 0 Å². The van der Waals surface area contributed by atoms with Gasteiger partial charge in [-0.3, -0.25) is 0 Å². The summed E-state index contributed by atoms with van der Waals surface area (Å²) >= 11 is 0. The number of hydrogen-bond donors (Lipinski definition) is 0. The number of hydrogen-bond acceptors (Lipinski definition) is 4. The average Bonchev–Trinajstić information content (AvgIpc) is 3.78. The van der Waals surface area contributed by atoms with Crippen LogP contribution < -0.4 is 0 Å². The van der Waals surface area contributed by atoms with Crippen LogP contribution in [0, 0.1) is 5.41 Å². The van der Waals surface area contributed by atoms with Crippen molar-refractivity contribution < 1.29 is 9.47 Å². The van der Waals surface area contributed by atoms with Gasteiger partial charge >= 0.3 is 0 Å². The fourth-order valence-electron chi connectivity index (χ4n) is 7.81. The second kappa shape index (κ2) is 15.4. The van der Waals surface area contributed by atoms with Gasteiger partial charge in [0, 0.05) is 0 Å². The molecule has 4 nitrogen and oxygen atoms in total. The van der Waals surface area contributed by atoms with Crippen LogP contribution in [0.3, 0.4) is 0 Å². The molecule has 4 aromatic rings.